The van der Waals surface area contributed by atoms with Gasteiger partial charge in [-0.15, -0.1) is 0 Å². The number of carbonyl (C=O) groups is 2. The van der Waals surface area contributed by atoms with E-state index in [2.05, 4.69) is 5.32 Å². The fourth-order valence-electron chi connectivity index (χ4n) is 2.10. The van der Waals surface area contributed by atoms with Crippen LogP contribution < -0.4 is 10.2 Å². The van der Waals surface area contributed by atoms with E-state index in [-0.39, 0.29) is 11.4 Å². The van der Waals surface area contributed by atoms with Crippen molar-refractivity contribution in [2.45, 2.75) is 19.4 Å². The first-order chi connectivity index (χ1) is 8.93. The maximum atomic E-state index is 12.0. The largest absolute Gasteiger partial charge is 0.465 e. The van der Waals surface area contributed by atoms with Crippen LogP contribution in [0, 0.1) is 0 Å². The normalized spacial score (nSPS) is 18.3. The summed E-state index contributed by atoms with van der Waals surface area (Å²) in [6.45, 7) is 4.94. The van der Waals surface area contributed by atoms with Gasteiger partial charge in [-0.05, 0) is 32.0 Å². The van der Waals surface area contributed by atoms with Crippen molar-refractivity contribution in [2.24, 2.45) is 0 Å². The Balaban J connectivity index is 2.30. The Morgan fingerprint density at radius 3 is 2.84 bits per heavy atom. The second-order valence-corrected chi connectivity index (χ2v) is 5.26. The lowest BCUT2D eigenvalue weighted by Gasteiger charge is -2.38. The monoisotopic (exact) mass is 262 g/mol. The van der Waals surface area contributed by atoms with Crippen molar-refractivity contribution in [3.8, 4) is 0 Å². The number of benzene rings is 1. The van der Waals surface area contributed by atoms with Crippen LogP contribution in [0.3, 0.4) is 0 Å². The van der Waals surface area contributed by atoms with Crippen LogP contribution in [0.2, 0.25) is 0 Å². The third-order valence-corrected chi connectivity index (χ3v) is 3.15. The van der Waals surface area contributed by atoms with Crippen LogP contribution in [0.15, 0.2) is 24.3 Å². The lowest BCUT2D eigenvalue weighted by molar-refractivity contribution is -0.119. The van der Waals surface area contributed by atoms with E-state index >= 15 is 0 Å². The predicted molar refractivity (Wildman–Crippen MR) is 72.2 cm³/mol. The summed E-state index contributed by atoms with van der Waals surface area (Å²) in [5.74, 6) is -0.398. The molecule has 1 amide bonds. The minimum atomic E-state index is -0.399. The van der Waals surface area contributed by atoms with Gasteiger partial charge in [0.15, 0.2) is 0 Å². The van der Waals surface area contributed by atoms with Crippen molar-refractivity contribution in [3.63, 3.8) is 0 Å². The number of rotatable bonds is 2. The summed E-state index contributed by atoms with van der Waals surface area (Å²) < 4.78 is 4.69. The number of anilines is 1. The highest BCUT2D eigenvalue weighted by Gasteiger charge is 2.31. The Morgan fingerprint density at radius 1 is 1.42 bits per heavy atom. The van der Waals surface area contributed by atoms with E-state index in [9.17, 15) is 9.59 Å². The molecule has 1 aromatic carbocycles. The number of carbonyl (C=O) groups excluding carboxylic acids is 2. The van der Waals surface area contributed by atoms with Gasteiger partial charge in [0.25, 0.3) is 0 Å². The third-order valence-electron chi connectivity index (χ3n) is 3.15. The van der Waals surface area contributed by atoms with E-state index in [1.165, 1.54) is 7.11 Å². The maximum Gasteiger partial charge on any atom is 0.337 e. The molecule has 0 saturated carbocycles. The highest BCUT2D eigenvalue weighted by molar-refractivity contribution is 5.97. The van der Waals surface area contributed by atoms with Crippen LogP contribution in [0.4, 0.5) is 5.69 Å². The van der Waals surface area contributed by atoms with Crippen LogP contribution in [0.1, 0.15) is 24.2 Å². The standard InChI is InChI=1S/C14H18N2O3/c1-14(2)9-16(12(17)8-15-14)11-6-4-5-10(7-11)13(18)19-3/h4-7,15H,8-9H2,1-3H3. The molecule has 1 aliphatic rings. The van der Waals surface area contributed by atoms with Gasteiger partial charge in [-0.3, -0.25) is 4.79 Å². The lowest BCUT2D eigenvalue weighted by atomic mass is 10.0. The quantitative estimate of drug-likeness (QED) is 0.813. The van der Waals surface area contributed by atoms with Crippen LogP contribution in [-0.2, 0) is 9.53 Å². The number of amides is 1. The maximum absolute atomic E-state index is 12.0. The molecule has 5 heteroatoms. The molecule has 1 saturated heterocycles. The van der Waals surface area contributed by atoms with Gasteiger partial charge in [0, 0.05) is 17.8 Å². The van der Waals surface area contributed by atoms with Gasteiger partial charge in [-0.1, -0.05) is 6.07 Å². The van der Waals surface area contributed by atoms with Crippen molar-refractivity contribution in [2.75, 3.05) is 25.1 Å². The number of hydrogen-bond donors (Lipinski definition) is 1. The number of piperazine rings is 1. The molecule has 0 unspecified atom stereocenters. The molecule has 5 nitrogen and oxygen atoms in total. The van der Waals surface area contributed by atoms with Gasteiger partial charge in [-0.25, -0.2) is 4.79 Å². The highest BCUT2D eigenvalue weighted by Crippen LogP contribution is 2.22. The van der Waals surface area contributed by atoms with Crippen LogP contribution in [-0.4, -0.2) is 37.6 Å². The van der Waals surface area contributed by atoms with Crippen molar-refractivity contribution >= 4 is 17.6 Å². The van der Waals surface area contributed by atoms with Crippen LogP contribution >= 0.6 is 0 Å². The second-order valence-electron chi connectivity index (χ2n) is 5.26. The fourth-order valence-corrected chi connectivity index (χ4v) is 2.10. The number of esters is 1. The molecule has 0 spiro atoms. The zero-order valence-electron chi connectivity index (χ0n) is 11.4. The Hall–Kier alpha value is -1.88. The summed E-state index contributed by atoms with van der Waals surface area (Å²) in [4.78, 5) is 25.2. The topological polar surface area (TPSA) is 58.6 Å². The number of methoxy groups -OCH3 is 1. The minimum absolute atomic E-state index is 0.00124. The Morgan fingerprint density at radius 2 is 2.16 bits per heavy atom. The summed E-state index contributed by atoms with van der Waals surface area (Å²) in [7, 11) is 1.34. The van der Waals surface area contributed by atoms with Crippen molar-refractivity contribution in [3.05, 3.63) is 29.8 Å². The van der Waals surface area contributed by atoms with E-state index in [1.54, 1.807) is 23.1 Å². The number of hydrogen-bond acceptors (Lipinski definition) is 4. The highest BCUT2D eigenvalue weighted by atomic mass is 16.5. The molecule has 0 aliphatic carbocycles. The van der Waals surface area contributed by atoms with E-state index in [4.69, 9.17) is 4.74 Å². The van der Waals surface area contributed by atoms with Crippen molar-refractivity contribution < 1.29 is 14.3 Å². The van der Waals surface area contributed by atoms with E-state index in [0.717, 1.165) is 5.69 Å². The molecule has 19 heavy (non-hydrogen) atoms. The summed E-state index contributed by atoms with van der Waals surface area (Å²) in [6.07, 6.45) is 0. The molecule has 0 bridgehead atoms. The van der Waals surface area contributed by atoms with E-state index in [1.807, 2.05) is 19.9 Å². The SMILES string of the molecule is COC(=O)c1cccc(N2CC(C)(C)NCC2=O)c1. The second kappa shape index (κ2) is 5.01. The average Bonchev–Trinajstić information content (AvgIpc) is 2.41. The van der Waals surface area contributed by atoms with Gasteiger partial charge in [0.2, 0.25) is 5.91 Å². The lowest BCUT2D eigenvalue weighted by Crippen LogP contribution is -2.60. The van der Waals surface area contributed by atoms with Crippen LogP contribution in [0.5, 0.6) is 0 Å². The average molecular weight is 262 g/mol. The van der Waals surface area contributed by atoms with Crippen molar-refractivity contribution in [1.29, 1.82) is 0 Å². The van der Waals surface area contributed by atoms with E-state index < -0.39 is 5.97 Å². The molecule has 1 N–H and O–H groups in total. The van der Waals surface area contributed by atoms with Gasteiger partial charge < -0.3 is 15.0 Å². The molecule has 1 heterocycles. The molecule has 1 aromatic rings. The first-order valence-electron chi connectivity index (χ1n) is 6.17. The fraction of sp³-hybridized carbons (Fsp3) is 0.429. The van der Waals surface area contributed by atoms with Crippen molar-refractivity contribution in [1.82, 2.24) is 5.32 Å². The first kappa shape index (κ1) is 13.5. The van der Waals surface area contributed by atoms with Gasteiger partial charge in [0.1, 0.15) is 0 Å². The number of ether oxygens (including phenoxy) is 1. The number of nitrogens with zero attached hydrogens (tertiary/aromatic N) is 1. The van der Waals surface area contributed by atoms with Gasteiger partial charge in [0.05, 0.1) is 19.2 Å². The molecule has 0 aromatic heterocycles. The molecular formula is C14H18N2O3. The number of nitrogens with one attached hydrogen (secondary N) is 1. The molecule has 1 fully saturated rings. The molecule has 0 atom stereocenters. The molecule has 2 rings (SSSR count). The first-order valence-corrected chi connectivity index (χ1v) is 6.17. The smallest absolute Gasteiger partial charge is 0.337 e. The summed E-state index contributed by atoms with van der Waals surface area (Å²) in [6, 6.07) is 6.94. The van der Waals surface area contributed by atoms with Crippen LogP contribution in [0.25, 0.3) is 0 Å². The predicted octanol–water partition coefficient (Wildman–Crippen LogP) is 1.19. The Labute approximate surface area is 112 Å². The summed E-state index contributed by atoms with van der Waals surface area (Å²) in [5, 5.41) is 3.17. The minimum Gasteiger partial charge on any atom is -0.465 e. The third kappa shape index (κ3) is 2.93. The van der Waals surface area contributed by atoms with E-state index in [0.29, 0.717) is 18.7 Å². The molecule has 102 valence electrons. The summed E-state index contributed by atoms with van der Waals surface area (Å²) >= 11 is 0. The van der Waals surface area contributed by atoms with Gasteiger partial charge >= 0.3 is 5.97 Å². The molecule has 1 aliphatic heterocycles. The Kier molecular flexibility index (Phi) is 3.57. The van der Waals surface area contributed by atoms with Gasteiger partial charge in [-0.2, -0.15) is 0 Å². The Bertz CT molecular complexity index is 511. The zero-order chi connectivity index (χ0) is 14.0. The zero-order valence-corrected chi connectivity index (χ0v) is 11.4. The summed E-state index contributed by atoms with van der Waals surface area (Å²) in [5.41, 5.74) is 1.03. The molecule has 0 radical (unpaired) electrons. The molecular weight excluding hydrogens is 244 g/mol.